The van der Waals surface area contributed by atoms with Crippen LogP contribution in [-0.4, -0.2) is 36.8 Å². The highest BCUT2D eigenvalue weighted by Gasteiger charge is 2.19. The van der Waals surface area contributed by atoms with Gasteiger partial charge in [0.2, 0.25) is 5.91 Å². The van der Waals surface area contributed by atoms with E-state index in [4.69, 9.17) is 15.2 Å². The fourth-order valence-corrected chi connectivity index (χ4v) is 2.32. The van der Waals surface area contributed by atoms with E-state index in [1.54, 1.807) is 6.07 Å². The molecule has 2 aromatic carbocycles. The number of carbonyl (C=O) groups is 4. The van der Waals surface area contributed by atoms with Gasteiger partial charge < -0.3 is 20.5 Å². The fraction of sp³-hybridized carbons (Fsp3) is 0.111. The molecule has 0 saturated heterocycles. The molecule has 1 heterocycles. The SMILES string of the molecule is NC(=O)c1ccc(C(=O)OCC(=O)c2ccc3c(c2)NC(=O)CO3)cc1. The molecule has 2 amide bonds. The first kappa shape index (κ1) is 17.2. The number of hydrogen-bond donors (Lipinski definition) is 2. The van der Waals surface area contributed by atoms with Crippen molar-refractivity contribution in [3.8, 4) is 5.75 Å². The average molecular weight is 354 g/mol. The number of ketones is 1. The number of nitrogens with two attached hydrogens (primary N) is 1. The first-order chi connectivity index (χ1) is 12.4. The third-order valence-electron chi connectivity index (χ3n) is 3.67. The molecule has 0 aliphatic carbocycles. The zero-order valence-corrected chi connectivity index (χ0v) is 13.5. The van der Waals surface area contributed by atoms with E-state index in [0.717, 1.165) is 0 Å². The Hall–Kier alpha value is -3.68. The Bertz CT molecular complexity index is 904. The van der Waals surface area contributed by atoms with Crippen molar-refractivity contribution in [3.05, 3.63) is 59.2 Å². The molecule has 1 aliphatic heterocycles. The highest BCUT2D eigenvalue weighted by molar-refractivity contribution is 6.02. The lowest BCUT2D eigenvalue weighted by Crippen LogP contribution is -2.25. The molecule has 132 valence electrons. The molecule has 2 aromatic rings. The summed E-state index contributed by atoms with van der Waals surface area (Å²) in [7, 11) is 0. The molecule has 3 rings (SSSR count). The molecule has 8 nitrogen and oxygen atoms in total. The van der Waals surface area contributed by atoms with Crippen LogP contribution in [0.2, 0.25) is 0 Å². The molecule has 8 heteroatoms. The first-order valence-corrected chi connectivity index (χ1v) is 7.61. The standard InChI is InChI=1S/C18H14N2O6/c19-17(23)10-1-3-11(4-2-10)18(24)26-8-14(21)12-5-6-15-13(7-12)20-16(22)9-25-15/h1-7H,8-9H2,(H2,19,23)(H,20,22). The number of benzene rings is 2. The van der Waals surface area contributed by atoms with Gasteiger partial charge in [-0.1, -0.05) is 0 Å². The number of nitrogens with one attached hydrogen (secondary N) is 1. The van der Waals surface area contributed by atoms with Gasteiger partial charge in [-0.2, -0.15) is 0 Å². The lowest BCUT2D eigenvalue weighted by atomic mass is 10.1. The van der Waals surface area contributed by atoms with E-state index < -0.39 is 24.3 Å². The number of rotatable bonds is 5. The van der Waals surface area contributed by atoms with Crippen molar-refractivity contribution in [1.82, 2.24) is 0 Å². The molecule has 0 bridgehead atoms. The number of amides is 2. The van der Waals surface area contributed by atoms with E-state index in [0.29, 0.717) is 11.4 Å². The van der Waals surface area contributed by atoms with E-state index >= 15 is 0 Å². The van der Waals surface area contributed by atoms with Crippen LogP contribution in [0.3, 0.4) is 0 Å². The van der Waals surface area contributed by atoms with Gasteiger partial charge in [-0.25, -0.2) is 4.79 Å². The van der Waals surface area contributed by atoms with Gasteiger partial charge in [0.05, 0.1) is 11.3 Å². The highest BCUT2D eigenvalue weighted by Crippen LogP contribution is 2.28. The first-order valence-electron chi connectivity index (χ1n) is 7.61. The summed E-state index contributed by atoms with van der Waals surface area (Å²) in [6.07, 6.45) is 0. The third kappa shape index (κ3) is 3.69. The minimum absolute atomic E-state index is 0.0769. The maximum absolute atomic E-state index is 12.2. The van der Waals surface area contributed by atoms with Crippen LogP contribution in [-0.2, 0) is 9.53 Å². The molecule has 0 aromatic heterocycles. The van der Waals surface area contributed by atoms with E-state index in [1.165, 1.54) is 36.4 Å². The number of anilines is 1. The molecule has 26 heavy (non-hydrogen) atoms. The summed E-state index contributed by atoms with van der Waals surface area (Å²) < 4.78 is 10.2. The second-order valence-corrected chi connectivity index (χ2v) is 5.49. The van der Waals surface area contributed by atoms with Gasteiger partial charge in [-0.05, 0) is 42.5 Å². The number of Topliss-reactive ketones (excluding diaryl/α,β-unsaturated/α-hetero) is 1. The molecule has 0 atom stereocenters. The van der Waals surface area contributed by atoms with Gasteiger partial charge in [0.15, 0.2) is 19.0 Å². The van der Waals surface area contributed by atoms with Crippen LogP contribution in [0.1, 0.15) is 31.1 Å². The Morgan fingerprint density at radius 3 is 2.38 bits per heavy atom. The topological polar surface area (TPSA) is 125 Å². The summed E-state index contributed by atoms with van der Waals surface area (Å²) in [6, 6.07) is 10.1. The number of esters is 1. The van der Waals surface area contributed by atoms with Crippen LogP contribution >= 0.6 is 0 Å². The smallest absolute Gasteiger partial charge is 0.338 e. The van der Waals surface area contributed by atoms with Gasteiger partial charge in [-0.3, -0.25) is 14.4 Å². The Morgan fingerprint density at radius 1 is 1.04 bits per heavy atom. The average Bonchev–Trinajstić information content (AvgIpc) is 2.65. The fourth-order valence-electron chi connectivity index (χ4n) is 2.32. The molecule has 1 aliphatic rings. The van der Waals surface area contributed by atoms with Crippen molar-refractivity contribution in [2.75, 3.05) is 18.5 Å². The van der Waals surface area contributed by atoms with Gasteiger partial charge in [0.25, 0.3) is 5.91 Å². The van der Waals surface area contributed by atoms with Crippen LogP contribution in [0.25, 0.3) is 0 Å². The van der Waals surface area contributed by atoms with Gasteiger partial charge >= 0.3 is 5.97 Å². The quantitative estimate of drug-likeness (QED) is 0.613. The lowest BCUT2D eigenvalue weighted by molar-refractivity contribution is -0.118. The van der Waals surface area contributed by atoms with Crippen LogP contribution in [0.15, 0.2) is 42.5 Å². The number of primary amides is 1. The van der Waals surface area contributed by atoms with Crippen molar-refractivity contribution in [2.24, 2.45) is 5.73 Å². The van der Waals surface area contributed by atoms with Crippen molar-refractivity contribution in [2.45, 2.75) is 0 Å². The maximum atomic E-state index is 12.2. The number of hydrogen-bond acceptors (Lipinski definition) is 6. The van der Waals surface area contributed by atoms with Crippen LogP contribution in [0, 0.1) is 0 Å². The molecular weight excluding hydrogens is 340 g/mol. The Labute approximate surface area is 147 Å². The predicted molar refractivity (Wildman–Crippen MR) is 90.1 cm³/mol. The molecule has 0 saturated carbocycles. The normalized spacial score (nSPS) is 12.4. The zero-order chi connectivity index (χ0) is 18.7. The summed E-state index contributed by atoms with van der Waals surface area (Å²) in [4.78, 5) is 46.5. The summed E-state index contributed by atoms with van der Waals surface area (Å²) >= 11 is 0. The Morgan fingerprint density at radius 2 is 1.69 bits per heavy atom. The monoisotopic (exact) mass is 354 g/mol. The number of carbonyl (C=O) groups excluding carboxylic acids is 4. The Kier molecular flexibility index (Phi) is 4.66. The zero-order valence-electron chi connectivity index (χ0n) is 13.5. The number of fused-ring (bicyclic) bond motifs is 1. The molecule has 3 N–H and O–H groups in total. The minimum Gasteiger partial charge on any atom is -0.482 e. The highest BCUT2D eigenvalue weighted by atomic mass is 16.5. The van der Waals surface area contributed by atoms with E-state index in [2.05, 4.69) is 5.32 Å². The van der Waals surface area contributed by atoms with Gasteiger partial charge in [0, 0.05) is 11.1 Å². The molecule has 0 radical (unpaired) electrons. The summed E-state index contributed by atoms with van der Waals surface area (Å²) in [6.45, 7) is -0.545. The van der Waals surface area contributed by atoms with E-state index in [9.17, 15) is 19.2 Å². The predicted octanol–water partition coefficient (Wildman–Crippen LogP) is 1.16. The minimum atomic E-state index is -0.705. The summed E-state index contributed by atoms with van der Waals surface area (Å²) in [5.41, 5.74) is 6.23. The number of ether oxygens (including phenoxy) is 2. The Balaban J connectivity index is 1.63. The molecule has 0 spiro atoms. The second-order valence-electron chi connectivity index (χ2n) is 5.49. The van der Waals surface area contributed by atoms with Crippen molar-refractivity contribution >= 4 is 29.3 Å². The van der Waals surface area contributed by atoms with Crippen LogP contribution in [0.5, 0.6) is 5.75 Å². The molecule has 0 fully saturated rings. The summed E-state index contributed by atoms with van der Waals surface area (Å²) in [5, 5.41) is 2.60. The van der Waals surface area contributed by atoms with E-state index in [-0.39, 0.29) is 29.2 Å². The lowest BCUT2D eigenvalue weighted by Gasteiger charge is -2.18. The van der Waals surface area contributed by atoms with Crippen LogP contribution < -0.4 is 15.8 Å². The van der Waals surface area contributed by atoms with Gasteiger partial charge in [-0.15, -0.1) is 0 Å². The van der Waals surface area contributed by atoms with Crippen LogP contribution in [0.4, 0.5) is 5.69 Å². The van der Waals surface area contributed by atoms with E-state index in [1.807, 2.05) is 0 Å². The van der Waals surface area contributed by atoms with Crippen molar-refractivity contribution < 1.29 is 28.7 Å². The maximum Gasteiger partial charge on any atom is 0.338 e. The van der Waals surface area contributed by atoms with Crippen molar-refractivity contribution in [1.29, 1.82) is 0 Å². The molecular formula is C18H14N2O6. The van der Waals surface area contributed by atoms with Crippen molar-refractivity contribution in [3.63, 3.8) is 0 Å². The summed E-state index contributed by atoms with van der Waals surface area (Å²) in [5.74, 6) is -1.59. The third-order valence-corrected chi connectivity index (χ3v) is 3.67. The largest absolute Gasteiger partial charge is 0.482 e. The van der Waals surface area contributed by atoms with Gasteiger partial charge in [0.1, 0.15) is 5.75 Å². The second kappa shape index (κ2) is 7.06. The molecule has 0 unspecified atom stereocenters.